The van der Waals surface area contributed by atoms with Crippen LogP contribution in [0.2, 0.25) is 0 Å². The molecule has 0 atom stereocenters. The molecule has 0 unspecified atom stereocenters. The molecule has 5 nitrogen and oxygen atoms in total. The van der Waals surface area contributed by atoms with Gasteiger partial charge in [-0.25, -0.2) is 9.97 Å². The molecule has 3 heterocycles. The van der Waals surface area contributed by atoms with Crippen LogP contribution in [0, 0.1) is 0 Å². The van der Waals surface area contributed by atoms with Gasteiger partial charge in [-0.2, -0.15) is 4.37 Å². The second-order valence-corrected chi connectivity index (χ2v) is 6.75. The van der Waals surface area contributed by atoms with E-state index in [1.807, 2.05) is 11.6 Å². The van der Waals surface area contributed by atoms with Crippen molar-refractivity contribution in [3.05, 3.63) is 23.1 Å². The molecule has 8 heteroatoms. The molecule has 0 spiro atoms. The van der Waals surface area contributed by atoms with Gasteiger partial charge in [0.25, 0.3) is 0 Å². The monoisotopic (exact) mass is 311 g/mol. The topological polar surface area (TPSA) is 69.1 Å². The average Bonchev–Trinajstić information content (AvgIpc) is 3.09. The van der Waals surface area contributed by atoms with E-state index in [0.29, 0.717) is 6.54 Å². The third kappa shape index (κ3) is 2.53. The van der Waals surface area contributed by atoms with Gasteiger partial charge in [-0.05, 0) is 29.8 Å². The molecule has 0 amide bonds. The minimum atomic E-state index is 0.619. The van der Waals surface area contributed by atoms with E-state index in [1.165, 1.54) is 11.5 Å². The summed E-state index contributed by atoms with van der Waals surface area (Å²) >= 11 is 4.65. The molecule has 19 heavy (non-hydrogen) atoms. The Hall–Kier alpha value is -0.960. The highest BCUT2D eigenvalue weighted by Crippen LogP contribution is 2.32. The van der Waals surface area contributed by atoms with Crippen LogP contribution in [0.15, 0.2) is 20.9 Å². The van der Waals surface area contributed by atoms with Gasteiger partial charge in [-0.15, -0.1) is 11.3 Å². The zero-order valence-electron chi connectivity index (χ0n) is 10.4. The molecular weight excluding hydrogens is 298 g/mol. The van der Waals surface area contributed by atoms with Crippen molar-refractivity contribution in [3.63, 3.8) is 0 Å². The van der Waals surface area contributed by atoms with E-state index in [-0.39, 0.29) is 0 Å². The minimum absolute atomic E-state index is 0.619. The van der Waals surface area contributed by atoms with Crippen molar-refractivity contribution in [1.82, 2.24) is 18.7 Å². The first-order valence-corrected chi connectivity index (χ1v) is 8.43. The maximum absolute atomic E-state index is 5.70. The van der Waals surface area contributed by atoms with Crippen LogP contribution >= 0.6 is 34.6 Å². The van der Waals surface area contributed by atoms with Crippen LogP contribution in [0.1, 0.15) is 18.4 Å². The summed E-state index contributed by atoms with van der Waals surface area (Å²) in [6.45, 7) is 2.68. The highest BCUT2D eigenvalue weighted by atomic mass is 32.2. The first-order valence-electron chi connectivity index (χ1n) is 5.96. The second-order valence-electron chi connectivity index (χ2n) is 3.89. The molecule has 0 aliphatic heterocycles. The van der Waals surface area contributed by atoms with Crippen molar-refractivity contribution in [3.8, 4) is 0 Å². The Balaban J connectivity index is 1.94. The lowest BCUT2D eigenvalue weighted by Gasteiger charge is -1.99. The predicted molar refractivity (Wildman–Crippen MR) is 79.2 cm³/mol. The lowest BCUT2D eigenvalue weighted by atomic mass is 10.3. The van der Waals surface area contributed by atoms with Gasteiger partial charge >= 0.3 is 0 Å². The van der Waals surface area contributed by atoms with Gasteiger partial charge < -0.3 is 5.73 Å². The Kier molecular flexibility index (Phi) is 3.83. The average molecular weight is 311 g/mol. The van der Waals surface area contributed by atoms with E-state index in [2.05, 4.69) is 25.7 Å². The van der Waals surface area contributed by atoms with Crippen molar-refractivity contribution >= 4 is 39.6 Å². The number of imidazole rings is 1. The van der Waals surface area contributed by atoms with Crippen LogP contribution < -0.4 is 5.73 Å². The number of aryl methyl sites for hydroxylation is 1. The molecule has 0 aliphatic carbocycles. The zero-order chi connectivity index (χ0) is 13.2. The van der Waals surface area contributed by atoms with E-state index < -0.39 is 0 Å². The molecule has 3 aromatic rings. The van der Waals surface area contributed by atoms with Gasteiger partial charge in [0.2, 0.25) is 0 Å². The summed E-state index contributed by atoms with van der Waals surface area (Å²) in [6.07, 6.45) is 3.73. The fourth-order valence-corrected chi connectivity index (χ4v) is 4.32. The quantitative estimate of drug-likeness (QED) is 0.784. The van der Waals surface area contributed by atoms with Crippen LogP contribution in [0.5, 0.6) is 0 Å². The molecule has 0 bridgehead atoms. The van der Waals surface area contributed by atoms with Crippen molar-refractivity contribution in [2.75, 3.05) is 6.54 Å². The lowest BCUT2D eigenvalue weighted by molar-refractivity contribution is 0.878. The molecule has 0 radical (unpaired) electrons. The number of hydrogen-bond donors (Lipinski definition) is 1. The standard InChI is InChI=1S/C11H13N5S3/c1-2-8-13-11(19-15-8)18-9-7(3-4-12)16-5-6-17-10(16)14-9/h5-6H,2-4,12H2,1H3. The smallest absolute Gasteiger partial charge is 0.194 e. The van der Waals surface area contributed by atoms with Crippen molar-refractivity contribution in [2.45, 2.75) is 29.1 Å². The first-order chi connectivity index (χ1) is 9.31. The Morgan fingerprint density at radius 3 is 3.05 bits per heavy atom. The number of nitrogens with two attached hydrogens (primary N) is 1. The third-order valence-electron chi connectivity index (χ3n) is 2.66. The molecule has 0 saturated carbocycles. The zero-order valence-corrected chi connectivity index (χ0v) is 12.8. The summed E-state index contributed by atoms with van der Waals surface area (Å²) in [5, 5.41) is 3.04. The predicted octanol–water partition coefficient (Wildman–Crippen LogP) is 2.46. The molecule has 0 saturated heterocycles. The van der Waals surface area contributed by atoms with Gasteiger partial charge in [-0.1, -0.05) is 6.92 Å². The number of nitrogens with zero attached hydrogens (tertiary/aromatic N) is 4. The minimum Gasteiger partial charge on any atom is -0.330 e. The molecule has 3 aromatic heterocycles. The second kappa shape index (κ2) is 5.58. The summed E-state index contributed by atoms with van der Waals surface area (Å²) in [4.78, 5) is 10.1. The molecule has 2 N–H and O–H groups in total. The van der Waals surface area contributed by atoms with Crippen LogP contribution in [0.4, 0.5) is 0 Å². The highest BCUT2D eigenvalue weighted by molar-refractivity contribution is 8.00. The largest absolute Gasteiger partial charge is 0.330 e. The van der Waals surface area contributed by atoms with E-state index in [9.17, 15) is 0 Å². The van der Waals surface area contributed by atoms with Crippen LogP contribution in [-0.2, 0) is 12.8 Å². The van der Waals surface area contributed by atoms with Gasteiger partial charge in [0.05, 0.1) is 5.69 Å². The molecule has 0 aliphatic rings. The fourth-order valence-electron chi connectivity index (χ4n) is 1.76. The molecule has 0 aromatic carbocycles. The Bertz CT molecular complexity index is 683. The lowest BCUT2D eigenvalue weighted by Crippen LogP contribution is -2.05. The summed E-state index contributed by atoms with van der Waals surface area (Å²) in [6, 6.07) is 0. The first kappa shape index (κ1) is 13.0. The van der Waals surface area contributed by atoms with Gasteiger partial charge in [0, 0.05) is 24.4 Å². The van der Waals surface area contributed by atoms with Crippen molar-refractivity contribution in [1.29, 1.82) is 0 Å². The Labute approximate surface area is 123 Å². The van der Waals surface area contributed by atoms with Crippen molar-refractivity contribution < 1.29 is 0 Å². The normalized spacial score (nSPS) is 11.5. The van der Waals surface area contributed by atoms with Gasteiger partial charge in [0.1, 0.15) is 10.9 Å². The molecule has 100 valence electrons. The fraction of sp³-hybridized carbons (Fsp3) is 0.364. The van der Waals surface area contributed by atoms with Crippen LogP contribution in [0.25, 0.3) is 4.96 Å². The maximum atomic E-state index is 5.70. The number of thiazole rings is 1. The number of aromatic nitrogens is 4. The van der Waals surface area contributed by atoms with E-state index >= 15 is 0 Å². The molecule has 3 rings (SSSR count). The number of fused-ring (bicyclic) bond motifs is 1. The summed E-state index contributed by atoms with van der Waals surface area (Å²) in [5.41, 5.74) is 6.86. The van der Waals surface area contributed by atoms with Crippen LogP contribution in [-0.4, -0.2) is 25.3 Å². The SMILES string of the molecule is CCc1nsc(Sc2nc3sccn3c2CCN)n1. The highest BCUT2D eigenvalue weighted by Gasteiger charge is 2.15. The van der Waals surface area contributed by atoms with Gasteiger partial charge in [0.15, 0.2) is 9.30 Å². The third-order valence-corrected chi connectivity index (χ3v) is 5.22. The Morgan fingerprint density at radius 2 is 2.32 bits per heavy atom. The number of rotatable bonds is 5. The maximum Gasteiger partial charge on any atom is 0.194 e. The number of hydrogen-bond acceptors (Lipinski definition) is 7. The van der Waals surface area contributed by atoms with E-state index in [4.69, 9.17) is 5.73 Å². The van der Waals surface area contributed by atoms with E-state index in [0.717, 1.165) is 38.7 Å². The Morgan fingerprint density at radius 1 is 1.42 bits per heavy atom. The summed E-state index contributed by atoms with van der Waals surface area (Å²) < 4.78 is 7.36. The summed E-state index contributed by atoms with van der Waals surface area (Å²) in [7, 11) is 0. The molecule has 0 fully saturated rings. The van der Waals surface area contributed by atoms with Crippen molar-refractivity contribution in [2.24, 2.45) is 5.73 Å². The summed E-state index contributed by atoms with van der Waals surface area (Å²) in [5.74, 6) is 0.897. The van der Waals surface area contributed by atoms with Crippen LogP contribution in [0.3, 0.4) is 0 Å². The van der Waals surface area contributed by atoms with E-state index in [1.54, 1.807) is 23.1 Å². The molecular formula is C11H13N5S3. The van der Waals surface area contributed by atoms with Gasteiger partial charge in [-0.3, -0.25) is 4.40 Å².